The van der Waals surface area contributed by atoms with Gasteiger partial charge in [0.2, 0.25) is 0 Å². The molecule has 0 spiro atoms. The van der Waals surface area contributed by atoms with Crippen molar-refractivity contribution in [2.24, 2.45) is 5.73 Å². The minimum atomic E-state index is 0.313. The number of hydrogen-bond donors (Lipinski definition) is 1. The topological polar surface area (TPSA) is 29.3 Å². The van der Waals surface area contributed by atoms with Crippen LogP contribution in [-0.2, 0) is 0 Å². The zero-order valence-electron chi connectivity index (χ0n) is 8.00. The molecular formula is C10H15BrN2. The average Bonchev–Trinajstić information content (AvgIpc) is 2.09. The highest BCUT2D eigenvalue weighted by molar-refractivity contribution is 9.10. The highest BCUT2D eigenvalue weighted by atomic mass is 79.9. The molecule has 0 fully saturated rings. The van der Waals surface area contributed by atoms with Gasteiger partial charge in [0, 0.05) is 17.1 Å². The van der Waals surface area contributed by atoms with Crippen molar-refractivity contribution < 1.29 is 0 Å². The first-order chi connectivity index (χ1) is 6.15. The first kappa shape index (κ1) is 10.7. The Morgan fingerprint density at radius 3 is 2.23 bits per heavy atom. The molecule has 0 saturated carbocycles. The van der Waals surface area contributed by atoms with Gasteiger partial charge in [-0.15, -0.1) is 0 Å². The Morgan fingerprint density at radius 2 is 1.85 bits per heavy atom. The number of nitrogens with two attached hydrogens (primary N) is 1. The molecule has 3 heteroatoms. The molecule has 0 radical (unpaired) electrons. The molecule has 0 aliphatic heterocycles. The average molecular weight is 243 g/mol. The van der Waals surface area contributed by atoms with Gasteiger partial charge in [-0.25, -0.2) is 0 Å². The molecule has 13 heavy (non-hydrogen) atoms. The third-order valence-electron chi connectivity index (χ3n) is 2.10. The number of benzene rings is 1. The number of halogens is 1. The standard InChI is InChI=1S/C10H15BrN2/c1-13(2)10(7-12)8-3-5-9(11)6-4-8/h3-6,10H,7,12H2,1-2H3/t10-/m0/s1. The molecule has 2 nitrogen and oxygen atoms in total. The highest BCUT2D eigenvalue weighted by Gasteiger charge is 2.10. The summed E-state index contributed by atoms with van der Waals surface area (Å²) < 4.78 is 1.10. The lowest BCUT2D eigenvalue weighted by atomic mass is 10.1. The Balaban J connectivity index is 2.86. The van der Waals surface area contributed by atoms with Crippen molar-refractivity contribution in [2.75, 3.05) is 20.6 Å². The second kappa shape index (κ2) is 4.74. The Kier molecular flexibility index (Phi) is 3.90. The van der Waals surface area contributed by atoms with Crippen LogP contribution in [-0.4, -0.2) is 25.5 Å². The summed E-state index contributed by atoms with van der Waals surface area (Å²) in [5.74, 6) is 0. The van der Waals surface area contributed by atoms with Crippen LogP contribution in [0.15, 0.2) is 28.7 Å². The van der Waals surface area contributed by atoms with Gasteiger partial charge in [-0.05, 0) is 31.8 Å². The van der Waals surface area contributed by atoms with Gasteiger partial charge >= 0.3 is 0 Å². The van der Waals surface area contributed by atoms with Crippen LogP contribution in [0.3, 0.4) is 0 Å². The molecule has 0 aliphatic carbocycles. The van der Waals surface area contributed by atoms with E-state index in [1.54, 1.807) is 0 Å². The maximum atomic E-state index is 5.69. The largest absolute Gasteiger partial charge is 0.329 e. The van der Waals surface area contributed by atoms with Crippen molar-refractivity contribution in [3.63, 3.8) is 0 Å². The monoisotopic (exact) mass is 242 g/mol. The minimum Gasteiger partial charge on any atom is -0.329 e. The first-order valence-corrected chi connectivity index (χ1v) is 5.06. The van der Waals surface area contributed by atoms with Gasteiger partial charge in [-0.3, -0.25) is 0 Å². The third kappa shape index (κ3) is 2.79. The molecule has 2 N–H and O–H groups in total. The smallest absolute Gasteiger partial charge is 0.0464 e. The molecular weight excluding hydrogens is 228 g/mol. The summed E-state index contributed by atoms with van der Waals surface area (Å²) in [6, 6.07) is 8.60. The molecule has 1 atom stereocenters. The number of likely N-dealkylation sites (N-methyl/N-ethyl adjacent to an activating group) is 1. The lowest BCUT2D eigenvalue weighted by Gasteiger charge is -2.22. The van der Waals surface area contributed by atoms with Crippen LogP contribution in [0.4, 0.5) is 0 Å². The van der Waals surface area contributed by atoms with E-state index in [4.69, 9.17) is 5.73 Å². The fourth-order valence-corrected chi connectivity index (χ4v) is 1.59. The molecule has 1 aromatic rings. The maximum absolute atomic E-state index is 5.69. The van der Waals surface area contributed by atoms with Crippen molar-refractivity contribution in [3.05, 3.63) is 34.3 Å². The number of rotatable bonds is 3. The van der Waals surface area contributed by atoms with Crippen LogP contribution < -0.4 is 5.73 Å². The fraction of sp³-hybridized carbons (Fsp3) is 0.400. The Hall–Kier alpha value is -0.380. The molecule has 0 heterocycles. The summed E-state index contributed by atoms with van der Waals surface area (Å²) in [6.07, 6.45) is 0. The van der Waals surface area contributed by atoms with Crippen molar-refractivity contribution in [3.8, 4) is 0 Å². The Morgan fingerprint density at radius 1 is 1.31 bits per heavy atom. The maximum Gasteiger partial charge on any atom is 0.0464 e. The van der Waals surface area contributed by atoms with Crippen molar-refractivity contribution >= 4 is 15.9 Å². The third-order valence-corrected chi connectivity index (χ3v) is 2.63. The lowest BCUT2D eigenvalue weighted by molar-refractivity contribution is 0.306. The van der Waals surface area contributed by atoms with E-state index < -0.39 is 0 Å². The number of nitrogens with zero attached hydrogens (tertiary/aromatic N) is 1. The number of hydrogen-bond acceptors (Lipinski definition) is 2. The summed E-state index contributed by atoms with van der Waals surface area (Å²) in [4.78, 5) is 2.13. The predicted molar refractivity (Wildman–Crippen MR) is 59.6 cm³/mol. The molecule has 0 saturated heterocycles. The lowest BCUT2D eigenvalue weighted by Crippen LogP contribution is -2.27. The van der Waals surface area contributed by atoms with Crippen LogP contribution in [0.25, 0.3) is 0 Å². The van der Waals surface area contributed by atoms with E-state index in [0.29, 0.717) is 12.6 Å². The molecule has 1 aromatic carbocycles. The van der Waals surface area contributed by atoms with Gasteiger partial charge in [-0.2, -0.15) is 0 Å². The van der Waals surface area contributed by atoms with Crippen molar-refractivity contribution in [2.45, 2.75) is 6.04 Å². The van der Waals surface area contributed by atoms with E-state index in [1.807, 2.05) is 26.2 Å². The van der Waals surface area contributed by atoms with Gasteiger partial charge in [0.05, 0.1) is 0 Å². The van der Waals surface area contributed by atoms with Gasteiger partial charge in [-0.1, -0.05) is 28.1 Å². The van der Waals surface area contributed by atoms with Crippen molar-refractivity contribution in [1.29, 1.82) is 0 Å². The van der Waals surface area contributed by atoms with Gasteiger partial charge in [0.15, 0.2) is 0 Å². The van der Waals surface area contributed by atoms with Crippen molar-refractivity contribution in [1.82, 2.24) is 4.90 Å². The zero-order chi connectivity index (χ0) is 9.84. The Bertz CT molecular complexity index is 256. The fourth-order valence-electron chi connectivity index (χ4n) is 1.33. The van der Waals surface area contributed by atoms with Crippen LogP contribution in [0, 0.1) is 0 Å². The van der Waals surface area contributed by atoms with E-state index in [0.717, 1.165) is 4.47 Å². The van der Waals surface area contributed by atoms with Gasteiger partial charge in [0.1, 0.15) is 0 Å². The highest BCUT2D eigenvalue weighted by Crippen LogP contribution is 2.19. The quantitative estimate of drug-likeness (QED) is 0.879. The summed E-state index contributed by atoms with van der Waals surface area (Å²) in [5.41, 5.74) is 6.95. The molecule has 1 rings (SSSR count). The van der Waals surface area contributed by atoms with E-state index >= 15 is 0 Å². The van der Waals surface area contributed by atoms with Crippen LogP contribution >= 0.6 is 15.9 Å². The molecule has 72 valence electrons. The SMILES string of the molecule is CN(C)[C@@H](CN)c1ccc(Br)cc1. The Labute approximate surface area is 87.9 Å². The van der Waals surface area contributed by atoms with Gasteiger partial charge in [0.25, 0.3) is 0 Å². The normalized spacial score (nSPS) is 13.3. The molecule has 0 aromatic heterocycles. The minimum absolute atomic E-state index is 0.313. The molecule has 0 unspecified atom stereocenters. The molecule has 0 bridgehead atoms. The predicted octanol–water partition coefficient (Wildman–Crippen LogP) is 2.01. The second-order valence-electron chi connectivity index (χ2n) is 3.27. The van der Waals surface area contributed by atoms with Crippen LogP contribution in [0.1, 0.15) is 11.6 Å². The van der Waals surface area contributed by atoms with E-state index in [9.17, 15) is 0 Å². The van der Waals surface area contributed by atoms with E-state index in [2.05, 4.69) is 33.0 Å². The van der Waals surface area contributed by atoms with E-state index in [-0.39, 0.29) is 0 Å². The van der Waals surface area contributed by atoms with Gasteiger partial charge < -0.3 is 10.6 Å². The first-order valence-electron chi connectivity index (χ1n) is 4.27. The summed E-state index contributed by atoms with van der Waals surface area (Å²) in [7, 11) is 4.08. The molecule has 0 aliphatic rings. The van der Waals surface area contributed by atoms with E-state index in [1.165, 1.54) is 5.56 Å². The van der Waals surface area contributed by atoms with Crippen LogP contribution in [0.5, 0.6) is 0 Å². The summed E-state index contributed by atoms with van der Waals surface area (Å²) in [6.45, 7) is 0.647. The van der Waals surface area contributed by atoms with Crippen LogP contribution in [0.2, 0.25) is 0 Å². The second-order valence-corrected chi connectivity index (χ2v) is 4.18. The summed E-state index contributed by atoms with van der Waals surface area (Å²) in [5, 5.41) is 0. The summed E-state index contributed by atoms with van der Waals surface area (Å²) >= 11 is 3.41. The zero-order valence-corrected chi connectivity index (χ0v) is 9.58. The molecule has 0 amide bonds.